The number of hydrogen-bond acceptors (Lipinski definition) is 7. The minimum Gasteiger partial charge on any atom is -0.496 e. The SMILES string of the molecule is COc1c(C(C)n2nc(C)c3c(N)ncnc32)cc(Cl)c(C#N)c1C1=CC=CN(C(=O)N(C)C)C1. The van der Waals surface area contributed by atoms with Crippen molar-refractivity contribution in [2.45, 2.75) is 19.9 Å². The Labute approximate surface area is 207 Å². The molecule has 10 nitrogen and oxygen atoms in total. The number of amides is 2. The molecule has 11 heteroatoms. The summed E-state index contributed by atoms with van der Waals surface area (Å²) in [5.74, 6) is 0.821. The molecule has 0 spiro atoms. The van der Waals surface area contributed by atoms with Crippen molar-refractivity contribution in [2.24, 2.45) is 0 Å². The van der Waals surface area contributed by atoms with Crippen LogP contribution in [0.3, 0.4) is 0 Å². The van der Waals surface area contributed by atoms with Crippen LogP contribution in [0.1, 0.15) is 35.3 Å². The molecule has 1 aliphatic rings. The fourth-order valence-electron chi connectivity index (χ4n) is 4.27. The van der Waals surface area contributed by atoms with Crippen LogP contribution in [0.5, 0.6) is 5.75 Å². The Balaban J connectivity index is 1.90. The predicted molar refractivity (Wildman–Crippen MR) is 134 cm³/mol. The maximum atomic E-state index is 12.6. The van der Waals surface area contributed by atoms with E-state index in [2.05, 4.69) is 21.1 Å². The Hall–Kier alpha value is -4.10. The van der Waals surface area contributed by atoms with E-state index in [1.165, 1.54) is 11.2 Å². The number of carbonyl (C=O) groups is 1. The number of rotatable bonds is 4. The van der Waals surface area contributed by atoms with E-state index in [0.717, 1.165) is 5.57 Å². The lowest BCUT2D eigenvalue weighted by Crippen LogP contribution is -2.37. The molecule has 3 heterocycles. The molecular weight excluding hydrogens is 468 g/mol. The Morgan fingerprint density at radius 1 is 1.37 bits per heavy atom. The van der Waals surface area contributed by atoms with Crippen molar-refractivity contribution in [1.82, 2.24) is 29.5 Å². The molecule has 0 aliphatic carbocycles. The molecule has 4 rings (SSSR count). The van der Waals surface area contributed by atoms with E-state index in [4.69, 9.17) is 22.1 Å². The van der Waals surface area contributed by atoms with Crippen molar-refractivity contribution in [3.63, 3.8) is 0 Å². The van der Waals surface area contributed by atoms with Gasteiger partial charge in [-0.05, 0) is 31.6 Å². The van der Waals surface area contributed by atoms with Crippen LogP contribution in [0.4, 0.5) is 10.6 Å². The highest BCUT2D eigenvalue weighted by Crippen LogP contribution is 2.42. The number of halogens is 1. The van der Waals surface area contributed by atoms with Gasteiger partial charge in [-0.2, -0.15) is 10.4 Å². The van der Waals surface area contributed by atoms with Crippen LogP contribution >= 0.6 is 11.6 Å². The van der Waals surface area contributed by atoms with Gasteiger partial charge < -0.3 is 15.4 Å². The number of anilines is 1. The van der Waals surface area contributed by atoms with Crippen molar-refractivity contribution < 1.29 is 9.53 Å². The molecule has 3 aromatic rings. The number of nitrogens with two attached hydrogens (primary N) is 1. The van der Waals surface area contributed by atoms with Crippen LogP contribution in [-0.2, 0) is 0 Å². The molecular formula is C24H25ClN8O2. The number of allylic oxidation sites excluding steroid dienone is 2. The summed E-state index contributed by atoms with van der Waals surface area (Å²) in [7, 11) is 4.90. The first kappa shape index (κ1) is 24.0. The number of methoxy groups -OCH3 is 1. The average molecular weight is 493 g/mol. The molecule has 1 aromatic carbocycles. The number of aromatic nitrogens is 4. The summed E-state index contributed by atoms with van der Waals surface area (Å²) >= 11 is 6.63. The van der Waals surface area contributed by atoms with Gasteiger partial charge in [-0.3, -0.25) is 4.90 Å². The molecule has 0 radical (unpaired) electrons. The highest BCUT2D eigenvalue weighted by molar-refractivity contribution is 6.32. The van der Waals surface area contributed by atoms with Crippen LogP contribution in [0.15, 0.2) is 30.7 Å². The van der Waals surface area contributed by atoms with E-state index in [-0.39, 0.29) is 29.2 Å². The first-order valence-electron chi connectivity index (χ1n) is 10.8. The minimum atomic E-state index is -0.376. The number of benzene rings is 1. The zero-order valence-corrected chi connectivity index (χ0v) is 20.8. The molecule has 2 amide bonds. The summed E-state index contributed by atoms with van der Waals surface area (Å²) in [4.78, 5) is 24.1. The number of ether oxygens (including phenoxy) is 1. The van der Waals surface area contributed by atoms with Crippen molar-refractivity contribution >= 4 is 40.1 Å². The van der Waals surface area contributed by atoms with E-state index in [1.807, 2.05) is 19.9 Å². The number of nitriles is 1. The third kappa shape index (κ3) is 4.04. The smallest absolute Gasteiger partial charge is 0.323 e. The quantitative estimate of drug-likeness (QED) is 0.587. The van der Waals surface area contributed by atoms with Crippen molar-refractivity contribution in [1.29, 1.82) is 5.26 Å². The topological polar surface area (TPSA) is 126 Å². The summed E-state index contributed by atoms with van der Waals surface area (Å²) < 4.78 is 7.61. The van der Waals surface area contributed by atoms with E-state index in [1.54, 1.807) is 49.1 Å². The van der Waals surface area contributed by atoms with Gasteiger partial charge >= 0.3 is 6.03 Å². The predicted octanol–water partition coefficient (Wildman–Crippen LogP) is 3.75. The molecule has 0 fully saturated rings. The maximum Gasteiger partial charge on any atom is 0.323 e. The number of urea groups is 1. The normalized spacial score (nSPS) is 14.0. The van der Waals surface area contributed by atoms with Crippen LogP contribution in [-0.4, -0.2) is 63.3 Å². The van der Waals surface area contributed by atoms with Gasteiger partial charge in [0.15, 0.2) is 5.65 Å². The van der Waals surface area contributed by atoms with E-state index in [9.17, 15) is 10.1 Å². The van der Waals surface area contributed by atoms with Gasteiger partial charge in [0, 0.05) is 31.4 Å². The van der Waals surface area contributed by atoms with E-state index < -0.39 is 0 Å². The van der Waals surface area contributed by atoms with Crippen LogP contribution < -0.4 is 10.5 Å². The molecule has 0 saturated carbocycles. The summed E-state index contributed by atoms with van der Waals surface area (Å²) in [5, 5.41) is 15.6. The second-order valence-electron chi connectivity index (χ2n) is 8.34. The number of hydrogen-bond donors (Lipinski definition) is 1. The largest absolute Gasteiger partial charge is 0.496 e. The standard InChI is InChI=1S/C24H25ClN8O2/c1-13-19-22(27)28-12-29-23(19)33(30-13)14(2)16-9-18(25)17(10-26)20(21(16)35-5)15-7-6-8-32(11-15)24(34)31(3)4/h6-9,12,14H,11H2,1-5H3,(H2,27,28,29). The molecule has 0 saturated heterocycles. The summed E-state index contributed by atoms with van der Waals surface area (Å²) in [6.45, 7) is 4.03. The molecule has 1 aliphatic heterocycles. The Bertz CT molecular complexity index is 1430. The number of nitrogens with zero attached hydrogens (tertiary/aromatic N) is 7. The molecule has 1 unspecified atom stereocenters. The number of carbonyl (C=O) groups excluding carboxylic acids is 1. The first-order chi connectivity index (χ1) is 16.7. The zero-order valence-electron chi connectivity index (χ0n) is 20.1. The first-order valence-corrected chi connectivity index (χ1v) is 11.2. The Kier molecular flexibility index (Phi) is 6.37. The molecule has 2 aromatic heterocycles. The third-order valence-electron chi connectivity index (χ3n) is 5.94. The lowest BCUT2D eigenvalue weighted by Gasteiger charge is -2.28. The van der Waals surface area contributed by atoms with Crippen LogP contribution in [0, 0.1) is 18.3 Å². The van der Waals surface area contributed by atoms with Gasteiger partial charge in [-0.25, -0.2) is 19.4 Å². The van der Waals surface area contributed by atoms with Crippen LogP contribution in [0.2, 0.25) is 5.02 Å². The second-order valence-corrected chi connectivity index (χ2v) is 8.75. The average Bonchev–Trinajstić information content (AvgIpc) is 3.19. The monoisotopic (exact) mass is 492 g/mol. The second kappa shape index (κ2) is 9.27. The number of fused-ring (bicyclic) bond motifs is 1. The van der Waals surface area contributed by atoms with Gasteiger partial charge in [-0.15, -0.1) is 0 Å². The summed E-state index contributed by atoms with van der Waals surface area (Å²) in [6.07, 6.45) is 6.70. The minimum absolute atomic E-state index is 0.185. The van der Waals surface area contributed by atoms with E-state index in [0.29, 0.717) is 39.4 Å². The van der Waals surface area contributed by atoms with Gasteiger partial charge in [-0.1, -0.05) is 17.7 Å². The molecule has 0 bridgehead atoms. The van der Waals surface area contributed by atoms with Crippen LogP contribution in [0.25, 0.3) is 16.6 Å². The van der Waals surface area contributed by atoms with Gasteiger partial charge in [0.05, 0.1) is 41.4 Å². The Morgan fingerprint density at radius 3 is 2.77 bits per heavy atom. The third-order valence-corrected chi connectivity index (χ3v) is 6.24. The van der Waals surface area contributed by atoms with Crippen molar-refractivity contribution in [3.05, 3.63) is 58.2 Å². The Morgan fingerprint density at radius 2 is 2.11 bits per heavy atom. The maximum absolute atomic E-state index is 12.6. The molecule has 1 atom stereocenters. The van der Waals surface area contributed by atoms with Crippen molar-refractivity contribution in [3.8, 4) is 11.8 Å². The highest BCUT2D eigenvalue weighted by Gasteiger charge is 2.28. The van der Waals surface area contributed by atoms with E-state index >= 15 is 0 Å². The van der Waals surface area contributed by atoms with Gasteiger partial charge in [0.2, 0.25) is 0 Å². The molecule has 180 valence electrons. The molecule has 2 N–H and O–H groups in total. The zero-order chi connectivity index (χ0) is 25.4. The fraction of sp³-hybridized carbons (Fsp3) is 0.292. The van der Waals surface area contributed by atoms with Gasteiger partial charge in [0.25, 0.3) is 0 Å². The lowest BCUT2D eigenvalue weighted by molar-refractivity contribution is 0.192. The molecule has 35 heavy (non-hydrogen) atoms. The van der Waals surface area contributed by atoms with Crippen molar-refractivity contribution in [2.75, 3.05) is 33.5 Å². The number of nitrogen functional groups attached to an aromatic ring is 1. The highest BCUT2D eigenvalue weighted by atomic mass is 35.5. The lowest BCUT2D eigenvalue weighted by atomic mass is 9.92. The van der Waals surface area contributed by atoms with Gasteiger partial charge in [0.1, 0.15) is 24.0 Å². The fourth-order valence-corrected chi connectivity index (χ4v) is 4.53. The summed E-state index contributed by atoms with van der Waals surface area (Å²) in [5.41, 5.74) is 9.58. The number of aryl methyl sites for hydroxylation is 1. The summed E-state index contributed by atoms with van der Waals surface area (Å²) in [6, 6.07) is 3.35.